The number of hydrogen-bond acceptors (Lipinski definition) is 4. The molecule has 0 aliphatic heterocycles. The standard InChI is InChI=1S/C11H13NO3/c1-3-15-11(14)6-10(13)9-4-5-12-7-8(9)2/h4-5,7H,3,6H2,1-2H3. The van der Waals surface area contributed by atoms with Gasteiger partial charge < -0.3 is 4.74 Å². The molecule has 4 nitrogen and oxygen atoms in total. The third-order valence-electron chi connectivity index (χ3n) is 1.93. The summed E-state index contributed by atoms with van der Waals surface area (Å²) in [7, 11) is 0. The summed E-state index contributed by atoms with van der Waals surface area (Å²) in [5, 5.41) is 0. The first-order valence-corrected chi connectivity index (χ1v) is 4.74. The number of ketones is 1. The van der Waals surface area contributed by atoms with Gasteiger partial charge in [0.2, 0.25) is 0 Å². The zero-order valence-corrected chi connectivity index (χ0v) is 8.82. The molecule has 0 atom stereocenters. The molecule has 1 rings (SSSR count). The van der Waals surface area contributed by atoms with E-state index in [1.165, 1.54) is 6.20 Å². The molecule has 0 radical (unpaired) electrons. The van der Waals surface area contributed by atoms with E-state index in [2.05, 4.69) is 4.98 Å². The van der Waals surface area contributed by atoms with Crippen molar-refractivity contribution in [2.75, 3.05) is 6.61 Å². The normalized spacial score (nSPS) is 9.73. The highest BCUT2D eigenvalue weighted by molar-refractivity contribution is 6.06. The summed E-state index contributed by atoms with van der Waals surface area (Å²) in [5.74, 6) is -0.716. The Kier molecular flexibility index (Phi) is 3.97. The van der Waals surface area contributed by atoms with Crippen LogP contribution in [0.4, 0.5) is 0 Å². The predicted octanol–water partition coefficient (Wildman–Crippen LogP) is 1.53. The molecular formula is C11H13NO3. The minimum Gasteiger partial charge on any atom is -0.466 e. The van der Waals surface area contributed by atoms with Crippen molar-refractivity contribution < 1.29 is 14.3 Å². The first-order valence-electron chi connectivity index (χ1n) is 4.74. The van der Waals surface area contributed by atoms with Gasteiger partial charge in [-0.3, -0.25) is 14.6 Å². The van der Waals surface area contributed by atoms with Crippen LogP contribution in [0, 0.1) is 6.92 Å². The summed E-state index contributed by atoms with van der Waals surface area (Å²) < 4.78 is 4.70. The number of ether oxygens (including phenoxy) is 1. The average molecular weight is 207 g/mol. The first kappa shape index (κ1) is 11.4. The second-order valence-corrected chi connectivity index (χ2v) is 3.10. The number of Topliss-reactive ketones (excluding diaryl/α,β-unsaturated/α-hetero) is 1. The van der Waals surface area contributed by atoms with Crippen molar-refractivity contribution in [3.8, 4) is 0 Å². The number of aromatic nitrogens is 1. The number of rotatable bonds is 4. The molecule has 0 N–H and O–H groups in total. The average Bonchev–Trinajstić information content (AvgIpc) is 2.18. The number of nitrogens with zero attached hydrogens (tertiary/aromatic N) is 1. The Morgan fingerprint density at radius 3 is 2.80 bits per heavy atom. The molecule has 0 saturated heterocycles. The van der Waals surface area contributed by atoms with Crippen molar-refractivity contribution in [2.24, 2.45) is 0 Å². The van der Waals surface area contributed by atoms with Crippen LogP contribution in [0.2, 0.25) is 0 Å². The van der Waals surface area contributed by atoms with Crippen molar-refractivity contribution in [3.63, 3.8) is 0 Å². The molecule has 0 unspecified atom stereocenters. The summed E-state index contributed by atoms with van der Waals surface area (Å²) in [6, 6.07) is 1.61. The third kappa shape index (κ3) is 3.16. The number of esters is 1. The Labute approximate surface area is 88.3 Å². The predicted molar refractivity (Wildman–Crippen MR) is 54.6 cm³/mol. The quantitative estimate of drug-likeness (QED) is 0.427. The van der Waals surface area contributed by atoms with E-state index < -0.39 is 5.97 Å². The maximum Gasteiger partial charge on any atom is 0.313 e. The minimum absolute atomic E-state index is 0.210. The van der Waals surface area contributed by atoms with Gasteiger partial charge in [0, 0.05) is 18.0 Å². The molecule has 0 saturated carbocycles. The molecule has 15 heavy (non-hydrogen) atoms. The van der Waals surface area contributed by atoms with Crippen molar-refractivity contribution in [1.82, 2.24) is 4.98 Å². The van der Waals surface area contributed by atoms with Crippen LogP contribution in [0.25, 0.3) is 0 Å². The first-order chi connectivity index (χ1) is 7.15. The van der Waals surface area contributed by atoms with Crippen LogP contribution < -0.4 is 0 Å². The van der Waals surface area contributed by atoms with Gasteiger partial charge in [0.05, 0.1) is 6.61 Å². The van der Waals surface area contributed by atoms with E-state index in [4.69, 9.17) is 4.74 Å². The van der Waals surface area contributed by atoms with E-state index in [9.17, 15) is 9.59 Å². The number of carbonyl (C=O) groups excluding carboxylic acids is 2. The van der Waals surface area contributed by atoms with Gasteiger partial charge in [0.15, 0.2) is 5.78 Å². The second-order valence-electron chi connectivity index (χ2n) is 3.10. The number of pyridine rings is 1. The summed E-state index contributed by atoms with van der Waals surface area (Å²) in [6.45, 7) is 3.78. The van der Waals surface area contributed by atoms with Crippen molar-refractivity contribution >= 4 is 11.8 Å². The molecule has 0 fully saturated rings. The van der Waals surface area contributed by atoms with Crippen LogP contribution in [0.5, 0.6) is 0 Å². The lowest BCUT2D eigenvalue weighted by Gasteiger charge is -2.03. The fourth-order valence-corrected chi connectivity index (χ4v) is 1.22. The van der Waals surface area contributed by atoms with Gasteiger partial charge >= 0.3 is 5.97 Å². The zero-order valence-electron chi connectivity index (χ0n) is 8.82. The molecule has 0 bridgehead atoms. The van der Waals surface area contributed by atoms with Gasteiger partial charge in [-0.15, -0.1) is 0 Å². The lowest BCUT2D eigenvalue weighted by Crippen LogP contribution is -2.12. The molecule has 0 amide bonds. The van der Waals surface area contributed by atoms with Gasteiger partial charge in [0.1, 0.15) is 6.42 Å². The molecular weight excluding hydrogens is 194 g/mol. The SMILES string of the molecule is CCOC(=O)CC(=O)c1ccncc1C. The molecule has 0 aromatic carbocycles. The van der Waals surface area contributed by atoms with Gasteiger partial charge in [-0.05, 0) is 25.5 Å². The maximum atomic E-state index is 11.6. The number of hydrogen-bond donors (Lipinski definition) is 0. The summed E-state index contributed by atoms with van der Waals surface area (Å²) >= 11 is 0. The van der Waals surface area contributed by atoms with Crippen LogP contribution in [0.3, 0.4) is 0 Å². The molecule has 80 valence electrons. The third-order valence-corrected chi connectivity index (χ3v) is 1.93. The Bertz CT molecular complexity index is 374. The van der Waals surface area contributed by atoms with E-state index in [1.807, 2.05) is 0 Å². The van der Waals surface area contributed by atoms with E-state index in [1.54, 1.807) is 26.1 Å². The lowest BCUT2D eigenvalue weighted by molar-refractivity contribution is -0.141. The van der Waals surface area contributed by atoms with Crippen molar-refractivity contribution in [1.29, 1.82) is 0 Å². The molecule has 1 aromatic heterocycles. The molecule has 1 aromatic rings. The number of carbonyl (C=O) groups is 2. The zero-order chi connectivity index (χ0) is 11.3. The van der Waals surface area contributed by atoms with E-state index in [0.717, 1.165) is 5.56 Å². The highest BCUT2D eigenvalue weighted by Crippen LogP contribution is 2.08. The van der Waals surface area contributed by atoms with Crippen LogP contribution >= 0.6 is 0 Å². The van der Waals surface area contributed by atoms with E-state index in [0.29, 0.717) is 12.2 Å². The maximum absolute atomic E-state index is 11.6. The van der Waals surface area contributed by atoms with Crippen LogP contribution in [-0.4, -0.2) is 23.3 Å². The molecule has 4 heteroatoms. The second kappa shape index (κ2) is 5.24. The van der Waals surface area contributed by atoms with E-state index in [-0.39, 0.29) is 12.2 Å². The van der Waals surface area contributed by atoms with Gasteiger partial charge in [-0.2, -0.15) is 0 Å². The van der Waals surface area contributed by atoms with Crippen LogP contribution in [0.15, 0.2) is 18.5 Å². The van der Waals surface area contributed by atoms with E-state index >= 15 is 0 Å². The van der Waals surface area contributed by atoms with Crippen molar-refractivity contribution in [3.05, 3.63) is 29.6 Å². The molecule has 0 aliphatic rings. The fraction of sp³-hybridized carbons (Fsp3) is 0.364. The lowest BCUT2D eigenvalue weighted by atomic mass is 10.1. The van der Waals surface area contributed by atoms with Crippen LogP contribution in [0.1, 0.15) is 29.3 Å². The van der Waals surface area contributed by atoms with Gasteiger partial charge in [0.25, 0.3) is 0 Å². The summed E-state index contributed by atoms with van der Waals surface area (Å²) in [6.07, 6.45) is 2.92. The van der Waals surface area contributed by atoms with Gasteiger partial charge in [-0.1, -0.05) is 0 Å². The largest absolute Gasteiger partial charge is 0.466 e. The Morgan fingerprint density at radius 1 is 1.47 bits per heavy atom. The summed E-state index contributed by atoms with van der Waals surface area (Å²) in [4.78, 5) is 26.6. The molecule has 0 spiro atoms. The Morgan fingerprint density at radius 2 is 2.20 bits per heavy atom. The molecule has 1 heterocycles. The highest BCUT2D eigenvalue weighted by atomic mass is 16.5. The monoisotopic (exact) mass is 207 g/mol. The van der Waals surface area contributed by atoms with Crippen LogP contribution in [-0.2, 0) is 9.53 Å². The minimum atomic E-state index is -0.487. The highest BCUT2D eigenvalue weighted by Gasteiger charge is 2.14. The number of aryl methyl sites for hydroxylation is 1. The summed E-state index contributed by atoms with van der Waals surface area (Å²) in [5.41, 5.74) is 1.30. The molecule has 0 aliphatic carbocycles. The fourth-order valence-electron chi connectivity index (χ4n) is 1.22. The van der Waals surface area contributed by atoms with Crippen molar-refractivity contribution in [2.45, 2.75) is 20.3 Å². The Hall–Kier alpha value is -1.71. The topological polar surface area (TPSA) is 56.3 Å². The van der Waals surface area contributed by atoms with Gasteiger partial charge in [-0.25, -0.2) is 0 Å². The Balaban J connectivity index is 2.70. The smallest absolute Gasteiger partial charge is 0.313 e.